The van der Waals surface area contributed by atoms with Gasteiger partial charge in [-0.15, -0.1) is 0 Å². The molecule has 0 aliphatic carbocycles. The van der Waals surface area contributed by atoms with Crippen molar-refractivity contribution in [2.75, 3.05) is 17.2 Å². The van der Waals surface area contributed by atoms with Crippen molar-refractivity contribution in [2.24, 2.45) is 0 Å². The summed E-state index contributed by atoms with van der Waals surface area (Å²) >= 11 is 0. The van der Waals surface area contributed by atoms with Gasteiger partial charge in [0.2, 0.25) is 0 Å². The van der Waals surface area contributed by atoms with Crippen molar-refractivity contribution in [3.05, 3.63) is 59.7 Å². The van der Waals surface area contributed by atoms with E-state index in [2.05, 4.69) is 17.6 Å². The molecule has 24 heavy (non-hydrogen) atoms. The molecule has 0 saturated carbocycles. The van der Waals surface area contributed by atoms with Gasteiger partial charge in [-0.2, -0.15) is 0 Å². The first-order chi connectivity index (χ1) is 11.6. The Morgan fingerprint density at radius 2 is 1.42 bits per heavy atom. The molecular formula is C19H22N2O3. The van der Waals surface area contributed by atoms with E-state index in [1.807, 2.05) is 24.3 Å². The van der Waals surface area contributed by atoms with E-state index in [0.717, 1.165) is 18.5 Å². The van der Waals surface area contributed by atoms with Gasteiger partial charge in [-0.05, 0) is 55.3 Å². The van der Waals surface area contributed by atoms with Crippen molar-refractivity contribution >= 4 is 23.4 Å². The summed E-state index contributed by atoms with van der Waals surface area (Å²) in [4.78, 5) is 23.6. The van der Waals surface area contributed by atoms with E-state index < -0.39 is 0 Å². The fourth-order valence-corrected chi connectivity index (χ4v) is 2.24. The molecule has 5 nitrogen and oxygen atoms in total. The summed E-state index contributed by atoms with van der Waals surface area (Å²) in [6.45, 7) is 4.22. The van der Waals surface area contributed by atoms with Crippen molar-refractivity contribution in [3.63, 3.8) is 0 Å². The van der Waals surface area contributed by atoms with Gasteiger partial charge in [0.1, 0.15) is 0 Å². The normalized spacial score (nSPS) is 10.1. The largest absolute Gasteiger partial charge is 0.462 e. The van der Waals surface area contributed by atoms with Gasteiger partial charge in [0.15, 0.2) is 0 Å². The first-order valence-electron chi connectivity index (χ1n) is 8.06. The fourth-order valence-electron chi connectivity index (χ4n) is 2.24. The Balaban J connectivity index is 1.91. The highest BCUT2D eigenvalue weighted by molar-refractivity contribution is 6.00. The first-order valence-corrected chi connectivity index (χ1v) is 8.06. The summed E-state index contributed by atoms with van der Waals surface area (Å²) in [5, 5.41) is 5.50. The number of carbonyl (C=O) groups is 2. The van der Waals surface area contributed by atoms with Crippen LogP contribution >= 0.6 is 0 Å². The number of nitrogens with one attached hydrogen (secondary N) is 2. The van der Waals surface area contributed by atoms with Crippen LogP contribution in [0.4, 0.5) is 16.2 Å². The van der Waals surface area contributed by atoms with E-state index >= 15 is 0 Å². The maximum atomic E-state index is 12.0. The topological polar surface area (TPSA) is 67.4 Å². The molecule has 0 spiro atoms. The van der Waals surface area contributed by atoms with Gasteiger partial charge < -0.3 is 15.4 Å². The van der Waals surface area contributed by atoms with Gasteiger partial charge in [-0.3, -0.25) is 0 Å². The summed E-state index contributed by atoms with van der Waals surface area (Å²) < 4.78 is 4.92. The second kappa shape index (κ2) is 8.72. The number of rotatable bonds is 6. The minimum Gasteiger partial charge on any atom is -0.462 e. The van der Waals surface area contributed by atoms with Gasteiger partial charge in [0, 0.05) is 11.4 Å². The van der Waals surface area contributed by atoms with E-state index in [-0.39, 0.29) is 12.0 Å². The van der Waals surface area contributed by atoms with Crippen LogP contribution in [0.2, 0.25) is 0 Å². The van der Waals surface area contributed by atoms with E-state index in [1.54, 1.807) is 31.2 Å². The number of aryl methyl sites for hydroxylation is 1. The van der Waals surface area contributed by atoms with Gasteiger partial charge in [-0.25, -0.2) is 9.59 Å². The third kappa shape index (κ3) is 5.12. The van der Waals surface area contributed by atoms with E-state index in [1.165, 1.54) is 5.56 Å². The number of benzene rings is 2. The number of ether oxygens (including phenoxy) is 1. The maximum Gasteiger partial charge on any atom is 0.338 e. The molecular weight excluding hydrogens is 304 g/mol. The molecule has 0 unspecified atom stereocenters. The SMILES string of the molecule is CCCc1ccc(NC(=O)Nc2ccc(C(=O)OCC)cc2)cc1. The number of urea groups is 1. The van der Waals surface area contributed by atoms with Crippen LogP contribution in [0.25, 0.3) is 0 Å². The lowest BCUT2D eigenvalue weighted by molar-refractivity contribution is 0.0526. The van der Waals surface area contributed by atoms with Gasteiger partial charge >= 0.3 is 12.0 Å². The van der Waals surface area contributed by atoms with Crippen LogP contribution in [0.5, 0.6) is 0 Å². The molecule has 0 aromatic heterocycles. The second-order valence-corrected chi connectivity index (χ2v) is 5.32. The Labute approximate surface area is 142 Å². The molecule has 2 aromatic carbocycles. The quantitative estimate of drug-likeness (QED) is 0.770. The van der Waals surface area contributed by atoms with Gasteiger partial charge in [0.25, 0.3) is 0 Å². The molecule has 0 aliphatic heterocycles. The Morgan fingerprint density at radius 1 is 0.875 bits per heavy atom. The van der Waals surface area contributed by atoms with Crippen LogP contribution in [0, 0.1) is 0 Å². The third-order valence-electron chi connectivity index (χ3n) is 3.40. The number of hydrogen-bond donors (Lipinski definition) is 2. The zero-order chi connectivity index (χ0) is 17.4. The lowest BCUT2D eigenvalue weighted by Crippen LogP contribution is -2.19. The minimum atomic E-state index is -0.374. The molecule has 2 aromatic rings. The highest BCUT2D eigenvalue weighted by Gasteiger charge is 2.07. The van der Waals surface area contributed by atoms with E-state index in [4.69, 9.17) is 4.74 Å². The van der Waals surface area contributed by atoms with Crippen molar-refractivity contribution in [3.8, 4) is 0 Å². The van der Waals surface area contributed by atoms with Crippen molar-refractivity contribution in [2.45, 2.75) is 26.7 Å². The second-order valence-electron chi connectivity index (χ2n) is 5.32. The Bertz CT molecular complexity index is 679. The first kappa shape index (κ1) is 17.5. The molecule has 0 heterocycles. The summed E-state index contributed by atoms with van der Waals surface area (Å²) in [6.07, 6.45) is 2.12. The van der Waals surface area contributed by atoms with Crippen LogP contribution in [-0.2, 0) is 11.2 Å². The molecule has 0 saturated heterocycles. The zero-order valence-corrected chi connectivity index (χ0v) is 14.0. The lowest BCUT2D eigenvalue weighted by Gasteiger charge is -2.09. The van der Waals surface area contributed by atoms with Gasteiger partial charge in [-0.1, -0.05) is 25.5 Å². The molecule has 0 bridgehead atoms. The Hall–Kier alpha value is -2.82. The zero-order valence-electron chi connectivity index (χ0n) is 14.0. The number of esters is 1. The molecule has 0 radical (unpaired) electrons. The lowest BCUT2D eigenvalue weighted by atomic mass is 10.1. The third-order valence-corrected chi connectivity index (χ3v) is 3.40. The van der Waals surface area contributed by atoms with E-state index in [0.29, 0.717) is 17.9 Å². The van der Waals surface area contributed by atoms with Crippen molar-refractivity contribution < 1.29 is 14.3 Å². The molecule has 2 N–H and O–H groups in total. The fraction of sp³-hybridized carbons (Fsp3) is 0.263. The standard InChI is InChI=1S/C19H22N2O3/c1-3-5-14-6-10-16(11-7-14)20-19(23)21-17-12-8-15(9-13-17)18(22)24-4-2/h6-13H,3-5H2,1-2H3,(H2,20,21,23). The van der Waals surface area contributed by atoms with E-state index in [9.17, 15) is 9.59 Å². The Morgan fingerprint density at radius 3 is 1.92 bits per heavy atom. The molecule has 0 aliphatic rings. The Kier molecular flexibility index (Phi) is 6.37. The summed E-state index contributed by atoms with van der Waals surface area (Å²) in [5.74, 6) is -0.374. The smallest absolute Gasteiger partial charge is 0.338 e. The van der Waals surface area contributed by atoms with Crippen LogP contribution in [0.1, 0.15) is 36.2 Å². The monoisotopic (exact) mass is 326 g/mol. The highest BCUT2D eigenvalue weighted by atomic mass is 16.5. The van der Waals surface area contributed by atoms with Crippen LogP contribution in [0.15, 0.2) is 48.5 Å². The highest BCUT2D eigenvalue weighted by Crippen LogP contribution is 2.13. The number of anilines is 2. The molecule has 2 amide bonds. The summed E-state index contributed by atoms with van der Waals surface area (Å²) in [7, 11) is 0. The predicted molar refractivity (Wildman–Crippen MR) is 95.5 cm³/mol. The van der Waals surface area contributed by atoms with Crippen LogP contribution in [0.3, 0.4) is 0 Å². The van der Waals surface area contributed by atoms with Crippen LogP contribution < -0.4 is 10.6 Å². The number of carbonyl (C=O) groups excluding carboxylic acids is 2. The molecule has 5 heteroatoms. The summed E-state index contributed by atoms with van der Waals surface area (Å²) in [5.41, 5.74) is 3.03. The molecule has 126 valence electrons. The minimum absolute atomic E-state index is 0.331. The summed E-state index contributed by atoms with van der Waals surface area (Å²) in [6, 6.07) is 14.0. The predicted octanol–water partition coefficient (Wildman–Crippen LogP) is 4.46. The molecule has 2 rings (SSSR count). The number of hydrogen-bond acceptors (Lipinski definition) is 3. The van der Waals surface area contributed by atoms with Crippen LogP contribution in [-0.4, -0.2) is 18.6 Å². The average molecular weight is 326 g/mol. The average Bonchev–Trinajstić information content (AvgIpc) is 2.58. The van der Waals surface area contributed by atoms with Crippen molar-refractivity contribution in [1.82, 2.24) is 0 Å². The maximum absolute atomic E-state index is 12.0. The number of amides is 2. The van der Waals surface area contributed by atoms with Gasteiger partial charge in [0.05, 0.1) is 12.2 Å². The van der Waals surface area contributed by atoms with Crippen molar-refractivity contribution in [1.29, 1.82) is 0 Å². The molecule has 0 atom stereocenters. The molecule has 0 fully saturated rings.